The Labute approximate surface area is 119 Å². The zero-order chi connectivity index (χ0) is 14.1. The quantitative estimate of drug-likeness (QED) is 0.654. The lowest BCUT2D eigenvalue weighted by atomic mass is 9.89. The summed E-state index contributed by atoms with van der Waals surface area (Å²) in [6.45, 7) is 10.6. The molecule has 0 saturated carbocycles. The van der Waals surface area contributed by atoms with Crippen LogP contribution in [0.1, 0.15) is 65.7 Å². The van der Waals surface area contributed by atoms with Crippen LogP contribution < -0.4 is 5.73 Å². The van der Waals surface area contributed by atoms with Crippen molar-refractivity contribution in [3.05, 3.63) is 0 Å². The number of nitrogens with two attached hydrogens (primary N) is 1. The van der Waals surface area contributed by atoms with Crippen LogP contribution in [0.25, 0.3) is 0 Å². The first-order valence-corrected chi connectivity index (χ1v) is 8.23. The summed E-state index contributed by atoms with van der Waals surface area (Å²) >= 11 is 0. The van der Waals surface area contributed by atoms with Crippen LogP contribution in [0.3, 0.4) is 0 Å². The molecule has 3 heteroatoms. The molecule has 2 N–H and O–H groups in total. The monoisotopic (exact) mass is 270 g/mol. The van der Waals surface area contributed by atoms with E-state index in [1.54, 1.807) is 0 Å². The molecular formula is C16H34N2O. The lowest BCUT2D eigenvalue weighted by molar-refractivity contribution is -0.0163. The molecule has 1 unspecified atom stereocenters. The highest BCUT2D eigenvalue weighted by molar-refractivity contribution is 4.90. The number of ether oxygens (including phenoxy) is 1. The van der Waals surface area contributed by atoms with E-state index in [4.69, 9.17) is 10.5 Å². The fraction of sp³-hybridized carbons (Fsp3) is 1.00. The minimum Gasteiger partial charge on any atom is -0.378 e. The highest BCUT2D eigenvalue weighted by Gasteiger charge is 2.33. The molecule has 0 aromatic carbocycles. The smallest absolute Gasteiger partial charge is 0.0599 e. The van der Waals surface area contributed by atoms with Crippen LogP contribution in [0.2, 0.25) is 0 Å². The molecule has 0 aromatic rings. The summed E-state index contributed by atoms with van der Waals surface area (Å²) in [4.78, 5) is 2.61. The van der Waals surface area contributed by atoms with Crippen LogP contribution >= 0.6 is 0 Å². The number of rotatable bonds is 9. The molecule has 114 valence electrons. The zero-order valence-corrected chi connectivity index (χ0v) is 13.3. The van der Waals surface area contributed by atoms with Gasteiger partial charge in [-0.3, -0.25) is 4.90 Å². The van der Waals surface area contributed by atoms with Gasteiger partial charge in [-0.25, -0.2) is 0 Å². The van der Waals surface area contributed by atoms with E-state index in [1.807, 2.05) is 0 Å². The molecule has 0 radical (unpaired) electrons. The van der Waals surface area contributed by atoms with Crippen LogP contribution in [0, 0.1) is 0 Å². The standard InChI is InChI=1S/C16H34N2O/c1-4-6-7-8-11-16(3,14-17)18-12-9-15(10-13-18)19-5-2/h15H,4-14,17H2,1-3H3. The van der Waals surface area contributed by atoms with E-state index in [0.29, 0.717) is 6.10 Å². The van der Waals surface area contributed by atoms with Gasteiger partial charge in [-0.1, -0.05) is 32.6 Å². The lowest BCUT2D eigenvalue weighted by Gasteiger charge is -2.44. The molecule has 19 heavy (non-hydrogen) atoms. The number of unbranched alkanes of at least 4 members (excludes halogenated alkanes) is 3. The van der Waals surface area contributed by atoms with E-state index >= 15 is 0 Å². The normalized spacial score (nSPS) is 21.5. The number of hydrogen-bond donors (Lipinski definition) is 1. The highest BCUT2D eigenvalue weighted by atomic mass is 16.5. The number of hydrogen-bond acceptors (Lipinski definition) is 3. The Morgan fingerprint density at radius 3 is 2.37 bits per heavy atom. The average Bonchev–Trinajstić information content (AvgIpc) is 2.44. The summed E-state index contributed by atoms with van der Waals surface area (Å²) in [5, 5.41) is 0. The maximum absolute atomic E-state index is 6.07. The van der Waals surface area contributed by atoms with Crippen LogP contribution in [-0.2, 0) is 4.74 Å². The molecule has 3 nitrogen and oxygen atoms in total. The minimum absolute atomic E-state index is 0.199. The van der Waals surface area contributed by atoms with Gasteiger partial charge >= 0.3 is 0 Å². The van der Waals surface area contributed by atoms with Gasteiger partial charge in [0.25, 0.3) is 0 Å². The summed E-state index contributed by atoms with van der Waals surface area (Å²) in [6, 6.07) is 0. The zero-order valence-electron chi connectivity index (χ0n) is 13.3. The molecule has 1 aliphatic rings. The van der Waals surface area contributed by atoms with Gasteiger partial charge in [0.2, 0.25) is 0 Å². The van der Waals surface area contributed by atoms with Crippen LogP contribution in [0.4, 0.5) is 0 Å². The topological polar surface area (TPSA) is 38.5 Å². The molecule has 0 amide bonds. The maximum Gasteiger partial charge on any atom is 0.0599 e. The molecule has 0 spiro atoms. The Hall–Kier alpha value is -0.120. The average molecular weight is 270 g/mol. The second-order valence-electron chi connectivity index (χ2n) is 6.15. The number of piperidine rings is 1. The summed E-state index contributed by atoms with van der Waals surface area (Å²) < 4.78 is 5.73. The first-order valence-electron chi connectivity index (χ1n) is 8.23. The molecule has 1 saturated heterocycles. The molecule has 1 atom stereocenters. The third-order valence-electron chi connectivity index (χ3n) is 4.62. The minimum atomic E-state index is 0.199. The number of nitrogens with zero attached hydrogens (tertiary/aromatic N) is 1. The SMILES string of the molecule is CCCCCCC(C)(CN)N1CCC(OCC)CC1. The molecular weight excluding hydrogens is 236 g/mol. The Kier molecular flexibility index (Phi) is 7.96. The van der Waals surface area contributed by atoms with Gasteiger partial charge < -0.3 is 10.5 Å². The maximum atomic E-state index is 6.07. The van der Waals surface area contributed by atoms with Gasteiger partial charge in [0, 0.05) is 31.8 Å². The van der Waals surface area contributed by atoms with E-state index < -0.39 is 0 Å². The van der Waals surface area contributed by atoms with Crippen molar-refractivity contribution in [1.29, 1.82) is 0 Å². The van der Waals surface area contributed by atoms with Crippen molar-refractivity contribution in [2.45, 2.75) is 77.4 Å². The molecule has 1 heterocycles. The van der Waals surface area contributed by atoms with Gasteiger partial charge in [0.05, 0.1) is 6.10 Å². The Morgan fingerprint density at radius 1 is 1.16 bits per heavy atom. The van der Waals surface area contributed by atoms with E-state index in [9.17, 15) is 0 Å². The highest BCUT2D eigenvalue weighted by Crippen LogP contribution is 2.26. The third kappa shape index (κ3) is 5.41. The Balaban J connectivity index is 2.37. The van der Waals surface area contributed by atoms with Crippen LogP contribution in [0.5, 0.6) is 0 Å². The molecule has 1 aliphatic heterocycles. The van der Waals surface area contributed by atoms with Gasteiger partial charge in [-0.05, 0) is 33.1 Å². The molecule has 1 fully saturated rings. The second kappa shape index (κ2) is 8.93. The fourth-order valence-corrected chi connectivity index (χ4v) is 3.12. The Bertz CT molecular complexity index is 227. The second-order valence-corrected chi connectivity index (χ2v) is 6.15. The van der Waals surface area contributed by atoms with E-state index in [1.165, 1.54) is 44.9 Å². The largest absolute Gasteiger partial charge is 0.378 e. The van der Waals surface area contributed by atoms with Gasteiger partial charge in [0.15, 0.2) is 0 Å². The predicted molar refractivity (Wildman–Crippen MR) is 82.4 cm³/mol. The van der Waals surface area contributed by atoms with E-state index in [-0.39, 0.29) is 5.54 Å². The molecule has 0 aliphatic carbocycles. The van der Waals surface area contributed by atoms with E-state index in [0.717, 1.165) is 26.2 Å². The molecule has 0 aromatic heterocycles. The molecule has 0 bridgehead atoms. The summed E-state index contributed by atoms with van der Waals surface area (Å²) in [5.41, 5.74) is 6.27. The summed E-state index contributed by atoms with van der Waals surface area (Å²) in [6.07, 6.45) is 9.36. The fourth-order valence-electron chi connectivity index (χ4n) is 3.12. The van der Waals surface area contributed by atoms with E-state index in [2.05, 4.69) is 25.7 Å². The van der Waals surface area contributed by atoms with Crippen molar-refractivity contribution in [3.63, 3.8) is 0 Å². The Morgan fingerprint density at radius 2 is 1.84 bits per heavy atom. The van der Waals surface area contributed by atoms with Crippen LogP contribution in [0.15, 0.2) is 0 Å². The third-order valence-corrected chi connectivity index (χ3v) is 4.62. The lowest BCUT2D eigenvalue weighted by Crippen LogP contribution is -2.55. The van der Waals surface area contributed by atoms with Gasteiger partial charge in [0.1, 0.15) is 0 Å². The number of likely N-dealkylation sites (tertiary alicyclic amines) is 1. The van der Waals surface area contributed by atoms with Crippen LogP contribution in [-0.4, -0.2) is 42.8 Å². The first kappa shape index (κ1) is 16.9. The van der Waals surface area contributed by atoms with Crippen molar-refractivity contribution in [2.24, 2.45) is 5.73 Å². The van der Waals surface area contributed by atoms with Gasteiger partial charge in [-0.2, -0.15) is 0 Å². The van der Waals surface area contributed by atoms with Crippen molar-refractivity contribution >= 4 is 0 Å². The summed E-state index contributed by atoms with van der Waals surface area (Å²) in [7, 11) is 0. The first-order chi connectivity index (χ1) is 9.16. The predicted octanol–water partition coefficient (Wildman–Crippen LogP) is 3.18. The van der Waals surface area contributed by atoms with Crippen molar-refractivity contribution in [1.82, 2.24) is 4.90 Å². The molecule has 1 rings (SSSR count). The van der Waals surface area contributed by atoms with Crippen molar-refractivity contribution < 1.29 is 4.74 Å². The summed E-state index contributed by atoms with van der Waals surface area (Å²) in [5.74, 6) is 0. The van der Waals surface area contributed by atoms with Gasteiger partial charge in [-0.15, -0.1) is 0 Å². The van der Waals surface area contributed by atoms with Crippen molar-refractivity contribution in [3.8, 4) is 0 Å². The van der Waals surface area contributed by atoms with Crippen molar-refractivity contribution in [2.75, 3.05) is 26.2 Å².